The van der Waals surface area contributed by atoms with Gasteiger partial charge in [-0.1, -0.05) is 19.4 Å². The fourth-order valence-corrected chi connectivity index (χ4v) is 1.67. The lowest BCUT2D eigenvalue weighted by Crippen LogP contribution is -2.26. The van der Waals surface area contributed by atoms with Crippen molar-refractivity contribution < 1.29 is 5.11 Å². The summed E-state index contributed by atoms with van der Waals surface area (Å²) in [4.78, 5) is 0. The number of hydrogen-bond acceptors (Lipinski definition) is 1. The Hall–Kier alpha value is -0.300. The van der Waals surface area contributed by atoms with Gasteiger partial charge in [0.2, 0.25) is 0 Å². The molecule has 0 aromatic heterocycles. The highest BCUT2D eigenvalue weighted by Gasteiger charge is 2.27. The Labute approximate surface area is 62.8 Å². The molecular weight excluding hydrogens is 124 g/mol. The molecule has 0 aliphatic heterocycles. The van der Waals surface area contributed by atoms with Gasteiger partial charge in [0.25, 0.3) is 0 Å². The quantitative estimate of drug-likeness (QED) is 0.553. The molecule has 0 spiro atoms. The van der Waals surface area contributed by atoms with Crippen molar-refractivity contribution in [3.05, 3.63) is 12.7 Å². The predicted octanol–water partition coefficient (Wildman–Crippen LogP) is 2.11. The van der Waals surface area contributed by atoms with Gasteiger partial charge in [0.05, 0.1) is 6.10 Å². The molecule has 0 heterocycles. The van der Waals surface area contributed by atoms with Gasteiger partial charge in [0.15, 0.2) is 0 Å². The zero-order valence-corrected chi connectivity index (χ0v) is 6.64. The Balaban J connectivity index is 2.53. The molecule has 58 valence electrons. The van der Waals surface area contributed by atoms with Crippen molar-refractivity contribution in [3.8, 4) is 0 Å². The van der Waals surface area contributed by atoms with Gasteiger partial charge in [0, 0.05) is 0 Å². The second-order valence-corrected chi connectivity index (χ2v) is 3.61. The number of hydrogen-bond donors (Lipinski definition) is 1. The number of aliphatic hydroxyl groups is 1. The van der Waals surface area contributed by atoms with Crippen LogP contribution in [0.5, 0.6) is 0 Å². The van der Waals surface area contributed by atoms with E-state index < -0.39 is 0 Å². The molecule has 1 rings (SSSR count). The minimum Gasteiger partial charge on any atom is -0.393 e. The average molecular weight is 140 g/mol. The molecule has 1 fully saturated rings. The molecule has 1 aliphatic rings. The van der Waals surface area contributed by atoms with E-state index in [1.54, 1.807) is 0 Å². The molecular formula is C9H16O. The van der Waals surface area contributed by atoms with Crippen LogP contribution in [0, 0.1) is 5.41 Å². The van der Waals surface area contributed by atoms with Crippen LogP contribution in [0.4, 0.5) is 0 Å². The summed E-state index contributed by atoms with van der Waals surface area (Å²) in [5.41, 5.74) is 0.206. The molecule has 0 radical (unpaired) electrons. The Bertz CT molecular complexity index is 131. The standard InChI is InChI=1S/C9H16O/c1-3-9(2)6-4-5-8(10)7-9/h3,8,10H,1,4-7H2,2H3. The molecule has 2 unspecified atom stereocenters. The maximum absolute atomic E-state index is 9.33. The molecule has 1 nitrogen and oxygen atoms in total. The smallest absolute Gasteiger partial charge is 0.0548 e. The van der Waals surface area contributed by atoms with Crippen molar-refractivity contribution >= 4 is 0 Å². The van der Waals surface area contributed by atoms with Crippen LogP contribution < -0.4 is 0 Å². The fourth-order valence-electron chi connectivity index (χ4n) is 1.67. The third-order valence-electron chi connectivity index (χ3n) is 2.48. The van der Waals surface area contributed by atoms with Crippen LogP contribution >= 0.6 is 0 Å². The SMILES string of the molecule is C=CC1(C)CCCC(O)C1. The molecule has 10 heavy (non-hydrogen) atoms. The van der Waals surface area contributed by atoms with Crippen molar-refractivity contribution in [3.63, 3.8) is 0 Å². The van der Waals surface area contributed by atoms with Crippen molar-refractivity contribution in [1.29, 1.82) is 0 Å². The van der Waals surface area contributed by atoms with Gasteiger partial charge < -0.3 is 5.11 Å². The highest BCUT2D eigenvalue weighted by molar-refractivity contribution is 4.95. The van der Waals surface area contributed by atoms with Gasteiger partial charge in [-0.25, -0.2) is 0 Å². The molecule has 0 aromatic carbocycles. The summed E-state index contributed by atoms with van der Waals surface area (Å²) in [5, 5.41) is 9.33. The Morgan fingerprint density at radius 3 is 2.80 bits per heavy atom. The first-order valence-corrected chi connectivity index (χ1v) is 3.98. The number of aliphatic hydroxyl groups excluding tert-OH is 1. The summed E-state index contributed by atoms with van der Waals surface area (Å²) in [7, 11) is 0. The molecule has 0 saturated heterocycles. The summed E-state index contributed by atoms with van der Waals surface area (Å²) in [6.45, 7) is 5.95. The van der Waals surface area contributed by atoms with Crippen molar-refractivity contribution in [2.75, 3.05) is 0 Å². The van der Waals surface area contributed by atoms with Gasteiger partial charge >= 0.3 is 0 Å². The summed E-state index contributed by atoms with van der Waals surface area (Å²) in [6, 6.07) is 0. The van der Waals surface area contributed by atoms with E-state index in [0.29, 0.717) is 0 Å². The Morgan fingerprint density at radius 1 is 1.70 bits per heavy atom. The van der Waals surface area contributed by atoms with Crippen LogP contribution in [0.1, 0.15) is 32.6 Å². The molecule has 1 N–H and O–H groups in total. The van der Waals surface area contributed by atoms with Crippen LogP contribution in [0.25, 0.3) is 0 Å². The van der Waals surface area contributed by atoms with Gasteiger partial charge in [-0.15, -0.1) is 6.58 Å². The number of rotatable bonds is 1. The molecule has 0 amide bonds. The third-order valence-corrected chi connectivity index (χ3v) is 2.48. The highest BCUT2D eigenvalue weighted by Crippen LogP contribution is 2.36. The lowest BCUT2D eigenvalue weighted by Gasteiger charge is -2.33. The van der Waals surface area contributed by atoms with E-state index in [0.717, 1.165) is 19.3 Å². The van der Waals surface area contributed by atoms with E-state index in [-0.39, 0.29) is 11.5 Å². The first-order chi connectivity index (χ1) is 4.66. The minimum atomic E-state index is -0.0863. The second-order valence-electron chi connectivity index (χ2n) is 3.61. The van der Waals surface area contributed by atoms with E-state index in [1.807, 2.05) is 6.08 Å². The molecule has 1 saturated carbocycles. The van der Waals surface area contributed by atoms with Gasteiger partial charge in [-0.3, -0.25) is 0 Å². The van der Waals surface area contributed by atoms with Crippen LogP contribution in [0.2, 0.25) is 0 Å². The minimum absolute atomic E-state index is 0.0863. The van der Waals surface area contributed by atoms with Crippen molar-refractivity contribution in [2.24, 2.45) is 5.41 Å². The van der Waals surface area contributed by atoms with Gasteiger partial charge in [0.1, 0.15) is 0 Å². The van der Waals surface area contributed by atoms with Crippen LogP contribution in [-0.2, 0) is 0 Å². The van der Waals surface area contributed by atoms with Crippen molar-refractivity contribution in [1.82, 2.24) is 0 Å². The Kier molecular flexibility index (Phi) is 2.14. The zero-order chi connectivity index (χ0) is 7.61. The third kappa shape index (κ3) is 1.60. The van der Waals surface area contributed by atoms with E-state index in [9.17, 15) is 5.11 Å². The lowest BCUT2D eigenvalue weighted by atomic mass is 9.75. The average Bonchev–Trinajstić information content (AvgIpc) is 1.88. The van der Waals surface area contributed by atoms with Crippen LogP contribution in [0.15, 0.2) is 12.7 Å². The maximum atomic E-state index is 9.33. The monoisotopic (exact) mass is 140 g/mol. The summed E-state index contributed by atoms with van der Waals surface area (Å²) >= 11 is 0. The van der Waals surface area contributed by atoms with Crippen LogP contribution in [-0.4, -0.2) is 11.2 Å². The van der Waals surface area contributed by atoms with E-state index in [1.165, 1.54) is 6.42 Å². The largest absolute Gasteiger partial charge is 0.393 e. The summed E-state index contributed by atoms with van der Waals surface area (Å²) < 4.78 is 0. The first-order valence-electron chi connectivity index (χ1n) is 3.98. The summed E-state index contributed by atoms with van der Waals surface area (Å²) in [5.74, 6) is 0. The molecule has 1 heteroatoms. The normalized spacial score (nSPS) is 41.2. The van der Waals surface area contributed by atoms with E-state index in [4.69, 9.17) is 0 Å². The van der Waals surface area contributed by atoms with E-state index >= 15 is 0 Å². The molecule has 1 aliphatic carbocycles. The second kappa shape index (κ2) is 2.75. The maximum Gasteiger partial charge on any atom is 0.0548 e. The summed E-state index contributed by atoms with van der Waals surface area (Å²) in [6.07, 6.45) is 6.10. The zero-order valence-electron chi connectivity index (χ0n) is 6.64. The topological polar surface area (TPSA) is 20.2 Å². The highest BCUT2D eigenvalue weighted by atomic mass is 16.3. The lowest BCUT2D eigenvalue weighted by molar-refractivity contribution is 0.0795. The van der Waals surface area contributed by atoms with E-state index in [2.05, 4.69) is 13.5 Å². The first kappa shape index (κ1) is 7.80. The number of allylic oxidation sites excluding steroid dienone is 1. The molecule has 0 bridgehead atoms. The predicted molar refractivity (Wildman–Crippen MR) is 42.8 cm³/mol. The molecule has 0 aromatic rings. The fraction of sp³-hybridized carbons (Fsp3) is 0.778. The Morgan fingerprint density at radius 2 is 2.40 bits per heavy atom. The van der Waals surface area contributed by atoms with Crippen LogP contribution in [0.3, 0.4) is 0 Å². The van der Waals surface area contributed by atoms with Gasteiger partial charge in [-0.2, -0.15) is 0 Å². The van der Waals surface area contributed by atoms with Crippen molar-refractivity contribution in [2.45, 2.75) is 38.7 Å². The molecule has 2 atom stereocenters. The van der Waals surface area contributed by atoms with Gasteiger partial charge in [-0.05, 0) is 24.7 Å².